The van der Waals surface area contributed by atoms with Crippen LogP contribution in [-0.2, 0) is 10.0 Å². The van der Waals surface area contributed by atoms with Crippen molar-refractivity contribution in [1.82, 2.24) is 0 Å². The lowest BCUT2D eigenvalue weighted by Gasteiger charge is -2.20. The van der Waals surface area contributed by atoms with Gasteiger partial charge >= 0.3 is 0 Å². The molecule has 0 aliphatic heterocycles. The van der Waals surface area contributed by atoms with Gasteiger partial charge in [0.15, 0.2) is 0 Å². The highest BCUT2D eigenvalue weighted by Crippen LogP contribution is 2.25. The second-order valence-electron chi connectivity index (χ2n) is 5.17. The number of sulfonamides is 1. The molecule has 0 heterocycles. The van der Waals surface area contributed by atoms with Crippen molar-refractivity contribution in [3.05, 3.63) is 59.1 Å². The van der Waals surface area contributed by atoms with E-state index in [-0.39, 0.29) is 4.90 Å². The van der Waals surface area contributed by atoms with E-state index in [4.69, 9.17) is 11.6 Å². The van der Waals surface area contributed by atoms with Crippen molar-refractivity contribution in [2.45, 2.75) is 24.7 Å². The lowest BCUT2D eigenvalue weighted by atomic mass is 10.0. The topological polar surface area (TPSA) is 37.4 Å². The van der Waals surface area contributed by atoms with Gasteiger partial charge in [-0.05, 0) is 47.9 Å². The van der Waals surface area contributed by atoms with Crippen molar-refractivity contribution in [2.24, 2.45) is 0 Å². The van der Waals surface area contributed by atoms with E-state index in [2.05, 4.69) is 13.8 Å². The molecule has 0 saturated heterocycles. The molecule has 2 aromatic carbocycles. The summed E-state index contributed by atoms with van der Waals surface area (Å²) in [6.45, 7) is 4.20. The molecule has 0 fully saturated rings. The average molecular weight is 324 g/mol. The van der Waals surface area contributed by atoms with Crippen LogP contribution in [0.3, 0.4) is 0 Å². The highest BCUT2D eigenvalue weighted by molar-refractivity contribution is 7.92. The van der Waals surface area contributed by atoms with E-state index in [1.54, 1.807) is 19.2 Å². The maximum Gasteiger partial charge on any atom is 0.264 e. The summed E-state index contributed by atoms with van der Waals surface area (Å²) in [5.41, 5.74) is 1.81. The molecule has 0 amide bonds. The Balaban J connectivity index is 2.33. The first kappa shape index (κ1) is 15.9. The van der Waals surface area contributed by atoms with Crippen molar-refractivity contribution in [1.29, 1.82) is 0 Å². The Morgan fingerprint density at radius 1 is 0.952 bits per heavy atom. The molecule has 0 spiro atoms. The van der Waals surface area contributed by atoms with Gasteiger partial charge in [-0.25, -0.2) is 8.42 Å². The summed E-state index contributed by atoms with van der Waals surface area (Å²) in [4.78, 5) is 0.224. The lowest BCUT2D eigenvalue weighted by molar-refractivity contribution is 0.594. The zero-order chi connectivity index (χ0) is 15.6. The average Bonchev–Trinajstić information content (AvgIpc) is 2.47. The quantitative estimate of drug-likeness (QED) is 0.841. The fourth-order valence-electron chi connectivity index (χ4n) is 1.97. The van der Waals surface area contributed by atoms with Crippen LogP contribution in [-0.4, -0.2) is 15.5 Å². The van der Waals surface area contributed by atoms with Crippen molar-refractivity contribution in [3.63, 3.8) is 0 Å². The highest BCUT2D eigenvalue weighted by Gasteiger charge is 2.21. The summed E-state index contributed by atoms with van der Waals surface area (Å²) in [6.07, 6.45) is 0. The normalized spacial score (nSPS) is 11.7. The van der Waals surface area contributed by atoms with Crippen molar-refractivity contribution in [3.8, 4) is 0 Å². The predicted molar refractivity (Wildman–Crippen MR) is 87.6 cm³/mol. The van der Waals surface area contributed by atoms with Crippen LogP contribution in [0, 0.1) is 0 Å². The number of hydrogen-bond donors (Lipinski definition) is 0. The first-order valence-corrected chi connectivity index (χ1v) is 8.48. The number of rotatable bonds is 4. The smallest absolute Gasteiger partial charge is 0.264 e. The molecule has 0 aliphatic carbocycles. The molecule has 0 aromatic heterocycles. The van der Waals surface area contributed by atoms with Crippen LogP contribution in [0.2, 0.25) is 5.02 Å². The van der Waals surface area contributed by atoms with Gasteiger partial charge in [0.25, 0.3) is 10.0 Å². The third-order valence-corrected chi connectivity index (χ3v) is 5.45. The number of halogens is 1. The summed E-state index contributed by atoms with van der Waals surface area (Å²) >= 11 is 5.80. The molecule has 0 bridgehead atoms. The lowest BCUT2D eigenvalue weighted by Crippen LogP contribution is -2.26. The van der Waals surface area contributed by atoms with Crippen LogP contribution in [0.15, 0.2) is 53.4 Å². The molecule has 0 saturated carbocycles. The van der Waals surface area contributed by atoms with E-state index >= 15 is 0 Å². The van der Waals surface area contributed by atoms with E-state index in [1.165, 1.54) is 22.0 Å². The van der Waals surface area contributed by atoms with E-state index in [0.29, 0.717) is 16.6 Å². The van der Waals surface area contributed by atoms with Gasteiger partial charge in [-0.1, -0.05) is 37.6 Å². The molecule has 0 unspecified atom stereocenters. The fourth-order valence-corrected chi connectivity index (χ4v) is 3.29. The minimum Gasteiger partial charge on any atom is -0.269 e. The van der Waals surface area contributed by atoms with Gasteiger partial charge in [-0.15, -0.1) is 0 Å². The third kappa shape index (κ3) is 3.39. The summed E-state index contributed by atoms with van der Waals surface area (Å²) < 4.78 is 26.4. The van der Waals surface area contributed by atoms with Gasteiger partial charge in [-0.2, -0.15) is 0 Å². The van der Waals surface area contributed by atoms with Gasteiger partial charge in [0.1, 0.15) is 0 Å². The van der Waals surface area contributed by atoms with Gasteiger partial charge in [0.2, 0.25) is 0 Å². The molecular weight excluding hydrogens is 306 g/mol. The molecule has 0 atom stereocenters. The molecule has 5 heteroatoms. The standard InChI is InChI=1S/C16H18ClNO2S/c1-12(2)13-4-8-15(9-5-13)18(3)21(19,20)16-10-6-14(17)7-11-16/h4-12H,1-3H3. The molecule has 0 aliphatic rings. The summed E-state index contributed by atoms with van der Waals surface area (Å²) in [6, 6.07) is 13.7. The van der Waals surface area contributed by atoms with Crippen LogP contribution in [0.25, 0.3) is 0 Å². The SMILES string of the molecule is CC(C)c1ccc(N(C)S(=O)(=O)c2ccc(Cl)cc2)cc1. The predicted octanol–water partition coefficient (Wildman–Crippen LogP) is 4.29. The molecule has 112 valence electrons. The van der Waals surface area contributed by atoms with Crippen molar-refractivity contribution in [2.75, 3.05) is 11.4 Å². The molecular formula is C16H18ClNO2S. The fraction of sp³-hybridized carbons (Fsp3) is 0.250. The summed E-state index contributed by atoms with van der Waals surface area (Å²) in [5.74, 6) is 0.414. The molecule has 3 nitrogen and oxygen atoms in total. The first-order valence-electron chi connectivity index (χ1n) is 6.67. The van der Waals surface area contributed by atoms with Crippen LogP contribution in [0.5, 0.6) is 0 Å². The minimum atomic E-state index is -3.57. The largest absolute Gasteiger partial charge is 0.269 e. The zero-order valence-electron chi connectivity index (χ0n) is 12.2. The minimum absolute atomic E-state index is 0.224. The van der Waals surface area contributed by atoms with Crippen molar-refractivity contribution >= 4 is 27.3 Å². The Kier molecular flexibility index (Phi) is 4.59. The van der Waals surface area contributed by atoms with E-state index in [0.717, 1.165) is 0 Å². The molecule has 0 N–H and O–H groups in total. The second-order valence-corrected chi connectivity index (χ2v) is 7.58. The Hall–Kier alpha value is -1.52. The maximum absolute atomic E-state index is 12.5. The highest BCUT2D eigenvalue weighted by atomic mass is 35.5. The number of hydrogen-bond acceptors (Lipinski definition) is 2. The molecule has 2 rings (SSSR count). The van der Waals surface area contributed by atoms with Crippen LogP contribution in [0.1, 0.15) is 25.3 Å². The van der Waals surface area contributed by atoms with Gasteiger partial charge in [0.05, 0.1) is 10.6 Å². The maximum atomic E-state index is 12.5. The second kappa shape index (κ2) is 6.08. The van der Waals surface area contributed by atoms with E-state index in [9.17, 15) is 8.42 Å². The van der Waals surface area contributed by atoms with Gasteiger partial charge < -0.3 is 0 Å². The summed E-state index contributed by atoms with van der Waals surface area (Å²) in [7, 11) is -2.02. The number of benzene rings is 2. The van der Waals surface area contributed by atoms with Crippen LogP contribution in [0.4, 0.5) is 5.69 Å². The van der Waals surface area contributed by atoms with Crippen molar-refractivity contribution < 1.29 is 8.42 Å². The van der Waals surface area contributed by atoms with Crippen LogP contribution < -0.4 is 4.31 Å². The Morgan fingerprint density at radius 3 is 1.95 bits per heavy atom. The monoisotopic (exact) mass is 323 g/mol. The zero-order valence-corrected chi connectivity index (χ0v) is 13.8. The Bertz CT molecular complexity index is 707. The van der Waals surface area contributed by atoms with Gasteiger partial charge in [0, 0.05) is 12.1 Å². The first-order chi connectivity index (χ1) is 9.82. The molecule has 0 radical (unpaired) electrons. The third-order valence-electron chi connectivity index (χ3n) is 3.40. The number of nitrogens with zero attached hydrogens (tertiary/aromatic N) is 1. The van der Waals surface area contributed by atoms with E-state index in [1.807, 2.05) is 24.3 Å². The number of anilines is 1. The molecule has 2 aromatic rings. The Labute approximate surface area is 131 Å². The van der Waals surface area contributed by atoms with Gasteiger partial charge in [-0.3, -0.25) is 4.31 Å². The van der Waals surface area contributed by atoms with Crippen LogP contribution >= 0.6 is 11.6 Å². The molecule has 21 heavy (non-hydrogen) atoms. The van der Waals surface area contributed by atoms with E-state index < -0.39 is 10.0 Å². The summed E-state index contributed by atoms with van der Waals surface area (Å²) in [5, 5.41) is 0.512. The Morgan fingerprint density at radius 2 is 1.48 bits per heavy atom.